The third kappa shape index (κ3) is 3.42. The summed E-state index contributed by atoms with van der Waals surface area (Å²) in [6.07, 6.45) is 7.94. The minimum Gasteiger partial charge on any atom is -0.371 e. The van der Waals surface area contributed by atoms with Crippen molar-refractivity contribution >= 4 is 5.91 Å². The molecule has 3 rings (SSSR count). The highest BCUT2D eigenvalue weighted by molar-refractivity contribution is 5.83. The molecule has 6 nitrogen and oxygen atoms in total. The van der Waals surface area contributed by atoms with Crippen LogP contribution in [-0.2, 0) is 16.1 Å². The van der Waals surface area contributed by atoms with Gasteiger partial charge >= 0.3 is 0 Å². The van der Waals surface area contributed by atoms with Crippen LogP contribution in [0.4, 0.5) is 0 Å². The van der Waals surface area contributed by atoms with Crippen LogP contribution in [-0.4, -0.2) is 33.3 Å². The van der Waals surface area contributed by atoms with Crippen molar-refractivity contribution in [2.75, 3.05) is 6.61 Å². The van der Waals surface area contributed by atoms with E-state index in [1.807, 2.05) is 43.1 Å². The van der Waals surface area contributed by atoms with Gasteiger partial charge in [0.05, 0.1) is 18.2 Å². The van der Waals surface area contributed by atoms with Crippen LogP contribution < -0.4 is 5.32 Å². The third-order valence-corrected chi connectivity index (χ3v) is 4.30. The minimum absolute atomic E-state index is 0.00128. The number of carbonyl (C=O) groups is 1. The lowest BCUT2D eigenvalue weighted by molar-refractivity contribution is -0.123. The van der Waals surface area contributed by atoms with E-state index in [-0.39, 0.29) is 24.0 Å². The first-order valence-corrected chi connectivity index (χ1v) is 8.03. The molecule has 6 heteroatoms. The summed E-state index contributed by atoms with van der Waals surface area (Å²) in [4.78, 5) is 16.6. The summed E-state index contributed by atoms with van der Waals surface area (Å²) in [5.74, 6) is -0.232. The Balaban J connectivity index is 1.67. The quantitative estimate of drug-likeness (QED) is 0.917. The van der Waals surface area contributed by atoms with Crippen molar-refractivity contribution in [3.05, 3.63) is 48.0 Å². The summed E-state index contributed by atoms with van der Waals surface area (Å²) in [6.45, 7) is 5.41. The number of carbonyl (C=O) groups excluding carboxylic acids is 1. The van der Waals surface area contributed by atoms with Crippen molar-refractivity contribution in [2.45, 2.75) is 44.9 Å². The second-order valence-electron chi connectivity index (χ2n) is 5.83. The fourth-order valence-electron chi connectivity index (χ4n) is 2.86. The van der Waals surface area contributed by atoms with E-state index in [1.165, 1.54) is 0 Å². The molecular weight excluding hydrogens is 292 g/mol. The van der Waals surface area contributed by atoms with Crippen LogP contribution in [0.2, 0.25) is 0 Å². The molecule has 0 aromatic carbocycles. The van der Waals surface area contributed by atoms with Gasteiger partial charge in [-0.2, -0.15) is 5.10 Å². The van der Waals surface area contributed by atoms with Gasteiger partial charge in [0.15, 0.2) is 0 Å². The number of amides is 1. The molecule has 0 aliphatic carbocycles. The SMILES string of the molecule is CCn1cc([C@H]2OCC[C@@H]2NC(=O)[C@H](C)c2cccnc2)cn1. The standard InChI is InChI=1S/C17H22N4O2/c1-3-21-11-14(10-19-21)16-15(6-8-23-16)20-17(22)12(2)13-5-4-7-18-9-13/h4-5,7,9-12,15-16H,3,6,8H2,1-2H3,(H,20,22)/t12-,15+,16-/m1/s1. The Labute approximate surface area is 135 Å². The van der Waals surface area contributed by atoms with E-state index in [2.05, 4.69) is 15.4 Å². The molecule has 3 atom stereocenters. The highest BCUT2D eigenvalue weighted by atomic mass is 16.5. The zero-order valence-electron chi connectivity index (χ0n) is 13.5. The lowest BCUT2D eigenvalue weighted by Gasteiger charge is -2.21. The van der Waals surface area contributed by atoms with Gasteiger partial charge in [-0.25, -0.2) is 0 Å². The monoisotopic (exact) mass is 314 g/mol. The fourth-order valence-corrected chi connectivity index (χ4v) is 2.86. The number of pyridine rings is 1. The second-order valence-corrected chi connectivity index (χ2v) is 5.83. The maximum Gasteiger partial charge on any atom is 0.227 e. The maximum atomic E-state index is 12.5. The lowest BCUT2D eigenvalue weighted by atomic mass is 10.00. The summed E-state index contributed by atoms with van der Waals surface area (Å²) in [7, 11) is 0. The molecule has 23 heavy (non-hydrogen) atoms. The van der Waals surface area contributed by atoms with Gasteiger partial charge in [0.2, 0.25) is 5.91 Å². The molecule has 3 heterocycles. The number of rotatable bonds is 5. The normalized spacial score (nSPS) is 22.0. The molecule has 122 valence electrons. The van der Waals surface area contributed by atoms with Crippen LogP contribution in [0.3, 0.4) is 0 Å². The molecule has 0 bridgehead atoms. The molecule has 1 saturated heterocycles. The molecule has 1 amide bonds. The first-order chi connectivity index (χ1) is 11.2. The molecule has 1 N–H and O–H groups in total. The van der Waals surface area contributed by atoms with E-state index in [1.54, 1.807) is 12.4 Å². The number of hydrogen-bond donors (Lipinski definition) is 1. The smallest absolute Gasteiger partial charge is 0.227 e. The fraction of sp³-hybridized carbons (Fsp3) is 0.471. The highest BCUT2D eigenvalue weighted by Gasteiger charge is 2.33. The van der Waals surface area contributed by atoms with Crippen LogP contribution in [0.1, 0.15) is 43.4 Å². The third-order valence-electron chi connectivity index (χ3n) is 4.30. The Morgan fingerprint density at radius 3 is 3.09 bits per heavy atom. The molecule has 0 saturated carbocycles. The zero-order chi connectivity index (χ0) is 16.2. The van der Waals surface area contributed by atoms with Crippen LogP contribution >= 0.6 is 0 Å². The van der Waals surface area contributed by atoms with E-state index in [0.717, 1.165) is 24.1 Å². The van der Waals surface area contributed by atoms with Crippen LogP contribution in [0, 0.1) is 0 Å². The van der Waals surface area contributed by atoms with Gasteiger partial charge in [-0.15, -0.1) is 0 Å². The predicted octanol–water partition coefficient (Wildman–Crippen LogP) is 2.05. The molecule has 2 aromatic heterocycles. The molecule has 0 spiro atoms. The predicted molar refractivity (Wildman–Crippen MR) is 85.8 cm³/mol. The summed E-state index contributed by atoms with van der Waals surface area (Å²) >= 11 is 0. The van der Waals surface area contributed by atoms with Crippen molar-refractivity contribution in [1.82, 2.24) is 20.1 Å². The van der Waals surface area contributed by atoms with Crippen molar-refractivity contribution in [3.8, 4) is 0 Å². The number of nitrogens with one attached hydrogen (secondary N) is 1. The minimum atomic E-state index is -0.233. The van der Waals surface area contributed by atoms with Gasteiger partial charge in [0, 0.05) is 37.3 Å². The van der Waals surface area contributed by atoms with Gasteiger partial charge in [-0.1, -0.05) is 6.07 Å². The van der Waals surface area contributed by atoms with Crippen molar-refractivity contribution in [2.24, 2.45) is 0 Å². The molecule has 1 fully saturated rings. The number of aromatic nitrogens is 3. The number of nitrogens with zero attached hydrogens (tertiary/aromatic N) is 3. The van der Waals surface area contributed by atoms with Gasteiger partial charge in [0.25, 0.3) is 0 Å². The van der Waals surface area contributed by atoms with Crippen molar-refractivity contribution in [3.63, 3.8) is 0 Å². The van der Waals surface area contributed by atoms with Crippen molar-refractivity contribution in [1.29, 1.82) is 0 Å². The Morgan fingerprint density at radius 1 is 1.52 bits per heavy atom. The van der Waals surface area contributed by atoms with Gasteiger partial charge in [-0.05, 0) is 31.9 Å². The molecule has 0 unspecified atom stereocenters. The van der Waals surface area contributed by atoms with Crippen LogP contribution in [0.25, 0.3) is 0 Å². The van der Waals surface area contributed by atoms with Gasteiger partial charge in [-0.3, -0.25) is 14.5 Å². The van der Waals surface area contributed by atoms with E-state index in [0.29, 0.717) is 6.61 Å². The number of hydrogen-bond acceptors (Lipinski definition) is 4. The lowest BCUT2D eigenvalue weighted by Crippen LogP contribution is -2.39. The Kier molecular flexibility index (Phi) is 4.71. The number of aryl methyl sites for hydroxylation is 1. The maximum absolute atomic E-state index is 12.5. The topological polar surface area (TPSA) is 69.0 Å². The van der Waals surface area contributed by atoms with Gasteiger partial charge < -0.3 is 10.1 Å². The average Bonchev–Trinajstić information content (AvgIpc) is 3.23. The first kappa shape index (κ1) is 15.7. The van der Waals surface area contributed by atoms with E-state index in [4.69, 9.17) is 4.74 Å². The molecule has 1 aliphatic heterocycles. The molecular formula is C17H22N4O2. The largest absolute Gasteiger partial charge is 0.371 e. The number of ether oxygens (including phenoxy) is 1. The molecule has 1 aliphatic rings. The average molecular weight is 314 g/mol. The Hall–Kier alpha value is -2.21. The van der Waals surface area contributed by atoms with Crippen LogP contribution in [0.5, 0.6) is 0 Å². The second kappa shape index (κ2) is 6.91. The summed E-state index contributed by atoms with van der Waals surface area (Å²) in [6, 6.07) is 3.75. The van der Waals surface area contributed by atoms with Crippen molar-refractivity contribution < 1.29 is 9.53 Å². The Bertz CT molecular complexity index is 656. The molecule has 2 aromatic rings. The summed E-state index contributed by atoms with van der Waals surface area (Å²) < 4.78 is 7.68. The first-order valence-electron chi connectivity index (χ1n) is 8.03. The van der Waals surface area contributed by atoms with E-state index < -0.39 is 0 Å². The Morgan fingerprint density at radius 2 is 2.39 bits per heavy atom. The molecule has 0 radical (unpaired) electrons. The van der Waals surface area contributed by atoms with Crippen LogP contribution in [0.15, 0.2) is 36.9 Å². The van der Waals surface area contributed by atoms with Gasteiger partial charge in [0.1, 0.15) is 6.10 Å². The summed E-state index contributed by atoms with van der Waals surface area (Å²) in [5, 5.41) is 7.42. The van der Waals surface area contributed by atoms with E-state index >= 15 is 0 Å². The zero-order valence-corrected chi connectivity index (χ0v) is 13.5. The highest BCUT2D eigenvalue weighted by Crippen LogP contribution is 2.29. The summed E-state index contributed by atoms with van der Waals surface area (Å²) in [5.41, 5.74) is 1.93. The van der Waals surface area contributed by atoms with E-state index in [9.17, 15) is 4.79 Å².